The van der Waals surface area contributed by atoms with Gasteiger partial charge in [-0.3, -0.25) is 9.59 Å². The SMILES string of the molecule is C[N+](C)(C)CC(O)(CC(=O)O)C(=O)C1CC1. The number of likely N-dealkylation sites (N-methyl/N-ethyl adjacent to an activating group) is 1. The molecule has 1 aliphatic carbocycles. The molecule has 1 atom stereocenters. The lowest BCUT2D eigenvalue weighted by Crippen LogP contribution is -2.55. The lowest BCUT2D eigenvalue weighted by atomic mass is 9.90. The molecule has 0 radical (unpaired) electrons. The number of carbonyl (C=O) groups is 2. The minimum Gasteiger partial charge on any atom is -0.481 e. The van der Waals surface area contributed by atoms with Crippen molar-refractivity contribution in [2.75, 3.05) is 27.7 Å². The van der Waals surface area contributed by atoms with Crippen LogP contribution in [0, 0.1) is 5.92 Å². The number of aliphatic hydroxyl groups is 1. The normalized spacial score (nSPS) is 20.2. The Balaban J connectivity index is 2.82. The van der Waals surface area contributed by atoms with Gasteiger partial charge < -0.3 is 14.7 Å². The minimum absolute atomic E-state index is 0.129. The molecule has 16 heavy (non-hydrogen) atoms. The van der Waals surface area contributed by atoms with Crippen LogP contribution in [0.3, 0.4) is 0 Å². The number of rotatable bonds is 6. The average Bonchev–Trinajstić information content (AvgIpc) is 2.78. The third-order valence-electron chi connectivity index (χ3n) is 2.59. The van der Waals surface area contributed by atoms with Crippen molar-refractivity contribution in [3.63, 3.8) is 0 Å². The highest BCUT2D eigenvalue weighted by molar-refractivity contribution is 5.94. The molecule has 0 bridgehead atoms. The van der Waals surface area contributed by atoms with Crippen LogP contribution in [0.2, 0.25) is 0 Å². The van der Waals surface area contributed by atoms with Gasteiger partial charge in [0, 0.05) is 5.92 Å². The molecule has 1 aliphatic rings. The summed E-state index contributed by atoms with van der Waals surface area (Å²) >= 11 is 0. The van der Waals surface area contributed by atoms with E-state index >= 15 is 0 Å². The third kappa shape index (κ3) is 3.57. The Hall–Kier alpha value is -0.940. The van der Waals surface area contributed by atoms with Crippen molar-refractivity contribution in [1.29, 1.82) is 0 Å². The van der Waals surface area contributed by atoms with Gasteiger partial charge in [0.25, 0.3) is 0 Å². The van der Waals surface area contributed by atoms with Crippen molar-refractivity contribution in [1.82, 2.24) is 0 Å². The first-order valence-electron chi connectivity index (χ1n) is 5.43. The van der Waals surface area contributed by atoms with E-state index in [0.717, 1.165) is 12.8 Å². The maximum Gasteiger partial charge on any atom is 0.306 e. The number of hydrogen-bond acceptors (Lipinski definition) is 3. The summed E-state index contributed by atoms with van der Waals surface area (Å²) < 4.78 is 0.363. The molecule has 0 amide bonds. The summed E-state index contributed by atoms with van der Waals surface area (Å²) in [5.41, 5.74) is -1.72. The van der Waals surface area contributed by atoms with Crippen LogP contribution in [0.4, 0.5) is 0 Å². The molecule has 0 heterocycles. The zero-order valence-electron chi connectivity index (χ0n) is 10.1. The number of carboxylic acids is 1. The van der Waals surface area contributed by atoms with Gasteiger partial charge in [-0.2, -0.15) is 0 Å². The van der Waals surface area contributed by atoms with Gasteiger partial charge in [0.1, 0.15) is 6.54 Å². The zero-order valence-corrected chi connectivity index (χ0v) is 10.1. The number of Topliss-reactive ketones (excluding diaryl/α,β-unsaturated/α-hetero) is 1. The Morgan fingerprint density at radius 3 is 2.12 bits per heavy atom. The molecule has 0 aromatic heterocycles. The number of carbonyl (C=O) groups excluding carboxylic acids is 1. The number of aliphatic carboxylic acids is 1. The predicted molar refractivity (Wildman–Crippen MR) is 57.8 cm³/mol. The fourth-order valence-electron chi connectivity index (χ4n) is 1.98. The highest BCUT2D eigenvalue weighted by atomic mass is 16.4. The third-order valence-corrected chi connectivity index (χ3v) is 2.59. The Morgan fingerprint density at radius 2 is 1.81 bits per heavy atom. The smallest absolute Gasteiger partial charge is 0.306 e. The summed E-state index contributed by atoms with van der Waals surface area (Å²) in [6.45, 7) is 0.134. The van der Waals surface area contributed by atoms with Gasteiger partial charge in [-0.15, -0.1) is 0 Å². The van der Waals surface area contributed by atoms with E-state index in [2.05, 4.69) is 0 Å². The van der Waals surface area contributed by atoms with Gasteiger partial charge in [0.15, 0.2) is 11.4 Å². The molecular weight excluding hydrogens is 210 g/mol. The van der Waals surface area contributed by atoms with Gasteiger partial charge in [-0.1, -0.05) is 0 Å². The molecule has 5 nitrogen and oxygen atoms in total. The molecular formula is C11H20NO4+. The van der Waals surface area contributed by atoms with Crippen LogP contribution in [0.15, 0.2) is 0 Å². The first-order chi connectivity index (χ1) is 7.14. The van der Waals surface area contributed by atoms with Crippen LogP contribution in [0.5, 0.6) is 0 Å². The van der Waals surface area contributed by atoms with Gasteiger partial charge in [-0.05, 0) is 12.8 Å². The molecule has 0 aromatic carbocycles. The molecule has 0 aliphatic heterocycles. The zero-order chi connectivity index (χ0) is 12.6. The van der Waals surface area contributed by atoms with Crippen LogP contribution in [-0.2, 0) is 9.59 Å². The van der Waals surface area contributed by atoms with E-state index in [1.807, 2.05) is 21.1 Å². The van der Waals surface area contributed by atoms with Crippen molar-refractivity contribution < 1.29 is 24.3 Å². The standard InChI is InChI=1S/C11H19NO4/c1-12(2,3)7-11(16,6-9(13)14)10(15)8-4-5-8/h8,16H,4-7H2,1-3H3/p+1. The molecule has 0 aromatic rings. The number of nitrogens with zero attached hydrogens (tertiary/aromatic N) is 1. The summed E-state index contributed by atoms with van der Waals surface area (Å²) in [5.74, 6) is -1.57. The summed E-state index contributed by atoms with van der Waals surface area (Å²) in [6.07, 6.45) is 1.05. The highest BCUT2D eigenvalue weighted by Gasteiger charge is 2.48. The molecule has 1 unspecified atom stereocenters. The second-order valence-electron chi connectivity index (χ2n) is 5.69. The summed E-state index contributed by atoms with van der Waals surface area (Å²) in [6, 6.07) is 0. The van der Waals surface area contributed by atoms with E-state index in [0.29, 0.717) is 4.48 Å². The number of hydrogen-bond donors (Lipinski definition) is 2. The van der Waals surface area contributed by atoms with E-state index in [4.69, 9.17) is 5.11 Å². The second kappa shape index (κ2) is 4.14. The highest BCUT2D eigenvalue weighted by Crippen LogP contribution is 2.35. The summed E-state index contributed by atoms with van der Waals surface area (Å²) in [4.78, 5) is 22.6. The molecule has 0 saturated heterocycles. The topological polar surface area (TPSA) is 74.6 Å². The lowest BCUT2D eigenvalue weighted by molar-refractivity contribution is -0.875. The van der Waals surface area contributed by atoms with E-state index in [9.17, 15) is 14.7 Å². The van der Waals surface area contributed by atoms with Crippen molar-refractivity contribution in [2.45, 2.75) is 24.9 Å². The summed E-state index contributed by atoms with van der Waals surface area (Å²) in [5, 5.41) is 19.0. The Morgan fingerprint density at radius 1 is 1.31 bits per heavy atom. The molecule has 92 valence electrons. The quantitative estimate of drug-likeness (QED) is 0.624. The maximum atomic E-state index is 11.9. The lowest BCUT2D eigenvalue weighted by Gasteiger charge is -2.33. The Labute approximate surface area is 95.3 Å². The number of ketones is 1. The molecule has 1 rings (SSSR count). The van der Waals surface area contributed by atoms with Crippen LogP contribution in [-0.4, -0.2) is 59.7 Å². The van der Waals surface area contributed by atoms with Crippen LogP contribution in [0.25, 0.3) is 0 Å². The number of quaternary nitrogens is 1. The number of carboxylic acid groups (broad SMARTS) is 1. The second-order valence-corrected chi connectivity index (χ2v) is 5.69. The van der Waals surface area contributed by atoms with E-state index in [-0.39, 0.29) is 18.2 Å². The van der Waals surface area contributed by atoms with Crippen LogP contribution < -0.4 is 0 Å². The molecule has 2 N–H and O–H groups in total. The van der Waals surface area contributed by atoms with Crippen LogP contribution >= 0.6 is 0 Å². The minimum atomic E-state index is -1.72. The van der Waals surface area contributed by atoms with Gasteiger partial charge in [0.2, 0.25) is 0 Å². The van der Waals surface area contributed by atoms with Gasteiger partial charge >= 0.3 is 5.97 Å². The van der Waals surface area contributed by atoms with Gasteiger partial charge in [0.05, 0.1) is 27.6 Å². The monoisotopic (exact) mass is 230 g/mol. The Kier molecular flexibility index (Phi) is 3.40. The van der Waals surface area contributed by atoms with E-state index in [1.165, 1.54) is 0 Å². The average molecular weight is 230 g/mol. The van der Waals surface area contributed by atoms with Crippen molar-refractivity contribution >= 4 is 11.8 Å². The molecule has 1 fully saturated rings. The van der Waals surface area contributed by atoms with E-state index in [1.54, 1.807) is 0 Å². The molecule has 1 saturated carbocycles. The predicted octanol–water partition coefficient (Wildman–Crippen LogP) is -0.123. The summed E-state index contributed by atoms with van der Waals surface area (Å²) in [7, 11) is 5.48. The maximum absolute atomic E-state index is 11.9. The fraction of sp³-hybridized carbons (Fsp3) is 0.818. The first-order valence-corrected chi connectivity index (χ1v) is 5.43. The van der Waals surface area contributed by atoms with E-state index < -0.39 is 18.0 Å². The largest absolute Gasteiger partial charge is 0.481 e. The van der Waals surface area contributed by atoms with Gasteiger partial charge in [-0.25, -0.2) is 0 Å². The molecule has 5 heteroatoms. The Bertz CT molecular complexity index is 304. The molecule has 0 spiro atoms. The van der Waals surface area contributed by atoms with Crippen LogP contribution in [0.1, 0.15) is 19.3 Å². The van der Waals surface area contributed by atoms with Crippen molar-refractivity contribution in [3.8, 4) is 0 Å². The van der Waals surface area contributed by atoms with Crippen molar-refractivity contribution in [3.05, 3.63) is 0 Å². The first kappa shape index (κ1) is 13.1. The fourth-order valence-corrected chi connectivity index (χ4v) is 1.98. The van der Waals surface area contributed by atoms with Crippen molar-refractivity contribution in [2.24, 2.45) is 5.92 Å².